The van der Waals surface area contributed by atoms with Crippen molar-refractivity contribution in [3.8, 4) is 0 Å². The molecule has 1 atom stereocenters. The van der Waals surface area contributed by atoms with E-state index in [4.69, 9.17) is 0 Å². The average Bonchev–Trinajstić information content (AvgIpc) is 3.18. The molecule has 0 spiro atoms. The van der Waals surface area contributed by atoms with Gasteiger partial charge in [-0.1, -0.05) is 0 Å². The van der Waals surface area contributed by atoms with Crippen molar-refractivity contribution in [2.24, 2.45) is 0 Å². The third kappa shape index (κ3) is 3.17. The molecule has 110 valence electrons. The third-order valence-electron chi connectivity index (χ3n) is 3.26. The molecule has 1 unspecified atom stereocenters. The van der Waals surface area contributed by atoms with Gasteiger partial charge in [0.2, 0.25) is 5.91 Å². The van der Waals surface area contributed by atoms with Crippen LogP contribution in [0.2, 0.25) is 0 Å². The SMILES string of the molecule is O=C(Nc1nccs1)C1CCCN1C(=O)c1ccc(Br)s1. The van der Waals surface area contributed by atoms with Crippen LogP contribution >= 0.6 is 38.6 Å². The molecule has 1 N–H and O–H groups in total. The molecule has 1 saturated heterocycles. The molecule has 0 radical (unpaired) electrons. The molecule has 0 bridgehead atoms. The number of likely N-dealkylation sites (tertiary alicyclic amines) is 1. The minimum Gasteiger partial charge on any atom is -0.326 e. The minimum absolute atomic E-state index is 0.0810. The summed E-state index contributed by atoms with van der Waals surface area (Å²) in [5.41, 5.74) is 0. The van der Waals surface area contributed by atoms with Crippen molar-refractivity contribution in [2.75, 3.05) is 11.9 Å². The largest absolute Gasteiger partial charge is 0.326 e. The van der Waals surface area contributed by atoms with Crippen LogP contribution in [0, 0.1) is 0 Å². The van der Waals surface area contributed by atoms with Crippen molar-refractivity contribution in [2.45, 2.75) is 18.9 Å². The topological polar surface area (TPSA) is 62.3 Å². The average molecular weight is 386 g/mol. The number of halogens is 1. The molecule has 3 rings (SSSR count). The fourth-order valence-corrected chi connectivity index (χ4v) is 4.20. The highest BCUT2D eigenvalue weighted by Crippen LogP contribution is 2.27. The Bertz CT molecular complexity index is 656. The second-order valence-corrected chi connectivity index (χ2v) is 7.94. The van der Waals surface area contributed by atoms with E-state index in [1.54, 1.807) is 22.5 Å². The summed E-state index contributed by atoms with van der Waals surface area (Å²) >= 11 is 6.11. The van der Waals surface area contributed by atoms with E-state index in [0.29, 0.717) is 23.0 Å². The third-order valence-corrected chi connectivity index (χ3v) is 5.56. The molecule has 1 aliphatic heterocycles. The van der Waals surface area contributed by atoms with Crippen LogP contribution in [0.5, 0.6) is 0 Å². The number of carbonyl (C=O) groups is 2. The molecule has 0 aromatic carbocycles. The summed E-state index contributed by atoms with van der Waals surface area (Å²) in [7, 11) is 0. The van der Waals surface area contributed by atoms with Crippen LogP contribution < -0.4 is 5.32 Å². The van der Waals surface area contributed by atoms with Gasteiger partial charge in [-0.05, 0) is 40.9 Å². The molecule has 3 heterocycles. The van der Waals surface area contributed by atoms with Gasteiger partial charge in [-0.3, -0.25) is 9.59 Å². The molecular formula is C13H12BrN3O2S2. The highest BCUT2D eigenvalue weighted by Gasteiger charge is 2.35. The van der Waals surface area contributed by atoms with Crippen molar-refractivity contribution >= 4 is 55.5 Å². The lowest BCUT2D eigenvalue weighted by Crippen LogP contribution is -2.42. The van der Waals surface area contributed by atoms with E-state index in [0.717, 1.165) is 10.2 Å². The van der Waals surface area contributed by atoms with Crippen LogP contribution in [-0.2, 0) is 4.79 Å². The van der Waals surface area contributed by atoms with Gasteiger partial charge >= 0.3 is 0 Å². The first-order valence-electron chi connectivity index (χ1n) is 6.42. The van der Waals surface area contributed by atoms with E-state index in [1.165, 1.54) is 22.7 Å². The number of hydrogen-bond donors (Lipinski definition) is 1. The standard InChI is InChI=1S/C13H12BrN3O2S2/c14-10-4-3-9(21-10)12(19)17-6-1-2-8(17)11(18)16-13-15-5-7-20-13/h3-5,7-8H,1-2,6H2,(H,15,16,18). The van der Waals surface area contributed by atoms with Crippen molar-refractivity contribution in [1.29, 1.82) is 0 Å². The summed E-state index contributed by atoms with van der Waals surface area (Å²) in [5, 5.41) is 5.14. The number of thiophene rings is 1. The van der Waals surface area contributed by atoms with Gasteiger partial charge in [0.1, 0.15) is 6.04 Å². The summed E-state index contributed by atoms with van der Waals surface area (Å²) in [4.78, 5) is 31.2. The van der Waals surface area contributed by atoms with Crippen molar-refractivity contribution in [3.05, 3.63) is 32.4 Å². The highest BCUT2D eigenvalue weighted by atomic mass is 79.9. The van der Waals surface area contributed by atoms with Crippen LogP contribution in [0.1, 0.15) is 22.5 Å². The number of anilines is 1. The fraction of sp³-hybridized carbons (Fsp3) is 0.308. The van der Waals surface area contributed by atoms with E-state index < -0.39 is 6.04 Å². The summed E-state index contributed by atoms with van der Waals surface area (Å²) in [6, 6.07) is 3.21. The maximum atomic E-state index is 12.5. The Balaban J connectivity index is 1.73. The molecule has 5 nitrogen and oxygen atoms in total. The van der Waals surface area contributed by atoms with Gasteiger partial charge in [-0.15, -0.1) is 22.7 Å². The second-order valence-electron chi connectivity index (χ2n) is 4.59. The Morgan fingerprint density at radius 1 is 1.43 bits per heavy atom. The highest BCUT2D eigenvalue weighted by molar-refractivity contribution is 9.11. The number of nitrogens with one attached hydrogen (secondary N) is 1. The molecule has 0 aliphatic carbocycles. The number of nitrogens with zero attached hydrogens (tertiary/aromatic N) is 2. The van der Waals surface area contributed by atoms with E-state index in [2.05, 4.69) is 26.2 Å². The molecule has 21 heavy (non-hydrogen) atoms. The van der Waals surface area contributed by atoms with E-state index in [9.17, 15) is 9.59 Å². The first-order valence-corrected chi connectivity index (χ1v) is 8.91. The molecule has 2 amide bonds. The molecule has 1 fully saturated rings. The Hall–Kier alpha value is -1.25. The normalized spacial score (nSPS) is 18.0. The second kappa shape index (κ2) is 6.25. The maximum absolute atomic E-state index is 12.5. The van der Waals surface area contributed by atoms with E-state index in [-0.39, 0.29) is 11.8 Å². The number of amides is 2. The lowest BCUT2D eigenvalue weighted by Gasteiger charge is -2.22. The maximum Gasteiger partial charge on any atom is 0.264 e. The van der Waals surface area contributed by atoms with E-state index >= 15 is 0 Å². The minimum atomic E-state index is -0.415. The van der Waals surface area contributed by atoms with Crippen LogP contribution in [0.4, 0.5) is 5.13 Å². The van der Waals surface area contributed by atoms with Gasteiger partial charge in [0.15, 0.2) is 5.13 Å². The first-order chi connectivity index (χ1) is 10.1. The zero-order valence-electron chi connectivity index (χ0n) is 10.9. The number of thiazole rings is 1. The molecular weight excluding hydrogens is 374 g/mol. The van der Waals surface area contributed by atoms with Gasteiger partial charge in [0, 0.05) is 18.1 Å². The van der Waals surface area contributed by atoms with Gasteiger partial charge in [-0.25, -0.2) is 4.98 Å². The monoisotopic (exact) mass is 385 g/mol. The van der Waals surface area contributed by atoms with E-state index in [1.807, 2.05) is 6.07 Å². The quantitative estimate of drug-likeness (QED) is 0.881. The van der Waals surface area contributed by atoms with Crippen molar-refractivity contribution < 1.29 is 9.59 Å². The molecule has 1 aliphatic rings. The van der Waals surface area contributed by atoms with Crippen LogP contribution in [0.25, 0.3) is 0 Å². The van der Waals surface area contributed by atoms with Gasteiger partial charge in [0.05, 0.1) is 8.66 Å². The molecule has 2 aromatic rings. The molecule has 2 aromatic heterocycles. The lowest BCUT2D eigenvalue weighted by molar-refractivity contribution is -0.119. The van der Waals surface area contributed by atoms with Gasteiger partial charge < -0.3 is 10.2 Å². The Morgan fingerprint density at radius 2 is 2.29 bits per heavy atom. The van der Waals surface area contributed by atoms with Crippen molar-refractivity contribution in [3.63, 3.8) is 0 Å². The zero-order valence-corrected chi connectivity index (χ0v) is 14.1. The first kappa shape index (κ1) is 14.7. The summed E-state index contributed by atoms with van der Waals surface area (Å²) in [5.74, 6) is -0.242. The predicted molar refractivity (Wildman–Crippen MR) is 86.8 cm³/mol. The molecule has 8 heteroatoms. The van der Waals surface area contributed by atoms with Gasteiger partial charge in [-0.2, -0.15) is 0 Å². The Kier molecular flexibility index (Phi) is 4.37. The fourth-order valence-electron chi connectivity index (χ4n) is 2.33. The Labute approximate surface area is 138 Å². The summed E-state index contributed by atoms with van der Waals surface area (Å²) in [6.45, 7) is 0.615. The van der Waals surface area contributed by atoms with Crippen molar-refractivity contribution in [1.82, 2.24) is 9.88 Å². The lowest BCUT2D eigenvalue weighted by atomic mass is 10.2. The van der Waals surface area contributed by atoms with Crippen LogP contribution in [0.3, 0.4) is 0 Å². The van der Waals surface area contributed by atoms with Crippen LogP contribution in [-0.4, -0.2) is 34.3 Å². The Morgan fingerprint density at radius 3 is 2.95 bits per heavy atom. The van der Waals surface area contributed by atoms with Gasteiger partial charge in [0.25, 0.3) is 5.91 Å². The van der Waals surface area contributed by atoms with Crippen LogP contribution in [0.15, 0.2) is 27.5 Å². The number of aromatic nitrogens is 1. The summed E-state index contributed by atoms with van der Waals surface area (Å²) < 4.78 is 0.911. The number of hydrogen-bond acceptors (Lipinski definition) is 5. The molecule has 0 saturated carbocycles. The number of rotatable bonds is 3. The zero-order chi connectivity index (χ0) is 14.8. The smallest absolute Gasteiger partial charge is 0.264 e. The predicted octanol–water partition coefficient (Wildman–Crippen LogP) is 3.21. The summed E-state index contributed by atoms with van der Waals surface area (Å²) in [6.07, 6.45) is 3.17. The number of carbonyl (C=O) groups excluding carboxylic acids is 2.